The molecule has 0 spiro atoms. The molecule has 104 valence electrons. The molecule has 20 heavy (non-hydrogen) atoms. The Morgan fingerprint density at radius 1 is 1.40 bits per heavy atom. The lowest BCUT2D eigenvalue weighted by Gasteiger charge is -2.15. The first-order valence-electron chi connectivity index (χ1n) is 5.96. The van der Waals surface area contributed by atoms with Crippen molar-refractivity contribution in [3.8, 4) is 0 Å². The van der Waals surface area contributed by atoms with E-state index in [-0.39, 0.29) is 22.7 Å². The highest BCUT2D eigenvalue weighted by Crippen LogP contribution is 2.28. The maximum Gasteiger partial charge on any atom is 0.311 e. The van der Waals surface area contributed by atoms with Gasteiger partial charge in [0, 0.05) is 18.5 Å². The van der Waals surface area contributed by atoms with E-state index in [1.165, 1.54) is 12.1 Å². The van der Waals surface area contributed by atoms with Crippen molar-refractivity contribution in [3.05, 3.63) is 51.7 Å². The van der Waals surface area contributed by atoms with Gasteiger partial charge < -0.3 is 5.32 Å². The van der Waals surface area contributed by atoms with Gasteiger partial charge in [-0.25, -0.2) is 15.0 Å². The van der Waals surface area contributed by atoms with E-state index < -0.39 is 4.92 Å². The zero-order valence-electron chi connectivity index (χ0n) is 10.7. The van der Waals surface area contributed by atoms with Crippen molar-refractivity contribution in [2.75, 3.05) is 5.32 Å². The van der Waals surface area contributed by atoms with Crippen LogP contribution in [0.15, 0.2) is 30.6 Å². The van der Waals surface area contributed by atoms with Gasteiger partial charge in [-0.1, -0.05) is 18.5 Å². The number of hydrogen-bond acceptors (Lipinski definition) is 6. The monoisotopic (exact) mass is 293 g/mol. The topological polar surface area (TPSA) is 93.8 Å². The highest BCUT2D eigenvalue weighted by molar-refractivity contribution is 6.29. The van der Waals surface area contributed by atoms with E-state index >= 15 is 0 Å². The van der Waals surface area contributed by atoms with Crippen molar-refractivity contribution >= 4 is 23.1 Å². The molecule has 0 saturated carbocycles. The van der Waals surface area contributed by atoms with Crippen LogP contribution in [-0.4, -0.2) is 19.9 Å². The number of nitrogens with one attached hydrogen (secondary N) is 1. The molecule has 2 aromatic heterocycles. The summed E-state index contributed by atoms with van der Waals surface area (Å²) in [6.45, 7) is 1.92. The number of pyridine rings is 1. The van der Waals surface area contributed by atoms with Gasteiger partial charge >= 0.3 is 5.69 Å². The summed E-state index contributed by atoms with van der Waals surface area (Å²) in [6, 6.07) is 4.12. The van der Waals surface area contributed by atoms with Crippen LogP contribution in [0.25, 0.3) is 0 Å². The minimum Gasteiger partial charge on any atom is -0.354 e. The third-order valence-electron chi connectivity index (χ3n) is 2.65. The normalized spacial score (nSPS) is 11.9. The molecule has 7 nitrogen and oxygen atoms in total. The van der Waals surface area contributed by atoms with Crippen molar-refractivity contribution in [2.45, 2.75) is 19.4 Å². The minimum absolute atomic E-state index is 0.113. The molecule has 1 N–H and O–H groups in total. The number of anilines is 1. The summed E-state index contributed by atoms with van der Waals surface area (Å²) in [7, 11) is 0. The van der Waals surface area contributed by atoms with Gasteiger partial charge in [0.1, 0.15) is 11.0 Å². The standard InChI is InChI=1S/C12H12ClN5O2/c1-2-8(11-14-6-3-7-15-11)16-12-9(18(19)20)4-5-10(13)17-12/h3-8H,2H2,1H3,(H,16,17)/t8-/m0/s1. The van der Waals surface area contributed by atoms with Gasteiger partial charge in [0.05, 0.1) is 11.0 Å². The molecule has 0 aliphatic heterocycles. The summed E-state index contributed by atoms with van der Waals surface area (Å²) >= 11 is 5.79. The molecule has 0 amide bonds. The fraction of sp³-hybridized carbons (Fsp3) is 0.250. The van der Waals surface area contributed by atoms with E-state index in [0.717, 1.165) is 0 Å². The molecule has 0 aromatic carbocycles. The van der Waals surface area contributed by atoms with Crippen LogP contribution in [0.2, 0.25) is 5.15 Å². The zero-order chi connectivity index (χ0) is 14.5. The largest absolute Gasteiger partial charge is 0.354 e. The van der Waals surface area contributed by atoms with Crippen LogP contribution < -0.4 is 5.32 Å². The number of halogens is 1. The maximum absolute atomic E-state index is 11.0. The molecule has 0 aliphatic carbocycles. The Hall–Kier alpha value is -2.28. The van der Waals surface area contributed by atoms with E-state index in [1.54, 1.807) is 18.5 Å². The second kappa shape index (κ2) is 6.25. The molecule has 0 fully saturated rings. The summed E-state index contributed by atoms with van der Waals surface area (Å²) in [5, 5.41) is 14.1. The first kappa shape index (κ1) is 14.1. The molecule has 0 saturated heterocycles. The van der Waals surface area contributed by atoms with Gasteiger partial charge in [0.25, 0.3) is 0 Å². The van der Waals surface area contributed by atoms with Gasteiger partial charge in [-0.05, 0) is 18.6 Å². The summed E-state index contributed by atoms with van der Waals surface area (Å²) < 4.78 is 0. The fourth-order valence-corrected chi connectivity index (χ4v) is 1.83. The molecule has 8 heteroatoms. The Labute approximate surface area is 120 Å². The number of nitro groups is 1. The second-order valence-electron chi connectivity index (χ2n) is 3.97. The van der Waals surface area contributed by atoms with Crippen LogP contribution >= 0.6 is 11.6 Å². The van der Waals surface area contributed by atoms with Crippen LogP contribution in [0.5, 0.6) is 0 Å². The molecule has 1 atom stereocenters. The van der Waals surface area contributed by atoms with Crippen LogP contribution in [0.4, 0.5) is 11.5 Å². The van der Waals surface area contributed by atoms with Gasteiger partial charge in [-0.2, -0.15) is 0 Å². The molecule has 0 aliphatic rings. The fourth-order valence-electron chi connectivity index (χ4n) is 1.69. The van der Waals surface area contributed by atoms with Crippen molar-refractivity contribution in [1.82, 2.24) is 15.0 Å². The zero-order valence-corrected chi connectivity index (χ0v) is 11.4. The van der Waals surface area contributed by atoms with Gasteiger partial charge in [0.15, 0.2) is 0 Å². The molecule has 0 bridgehead atoms. The quantitative estimate of drug-likeness (QED) is 0.517. The summed E-state index contributed by atoms with van der Waals surface area (Å²) in [4.78, 5) is 22.7. The maximum atomic E-state index is 11.0. The lowest BCUT2D eigenvalue weighted by molar-refractivity contribution is -0.384. The number of aromatic nitrogens is 3. The highest BCUT2D eigenvalue weighted by Gasteiger charge is 2.20. The van der Waals surface area contributed by atoms with Crippen LogP contribution in [0.1, 0.15) is 25.2 Å². The van der Waals surface area contributed by atoms with Crippen molar-refractivity contribution in [3.63, 3.8) is 0 Å². The lowest BCUT2D eigenvalue weighted by Crippen LogP contribution is -2.15. The Bertz CT molecular complexity index is 608. The predicted octanol–water partition coefficient (Wildman–Crippen LogP) is 3.00. The molecule has 0 radical (unpaired) electrons. The summed E-state index contributed by atoms with van der Waals surface area (Å²) in [5.41, 5.74) is -0.135. The van der Waals surface area contributed by atoms with Gasteiger partial charge in [-0.3, -0.25) is 10.1 Å². The Morgan fingerprint density at radius 2 is 2.10 bits per heavy atom. The van der Waals surface area contributed by atoms with Crippen molar-refractivity contribution in [2.24, 2.45) is 0 Å². The Kier molecular flexibility index (Phi) is 4.41. The third kappa shape index (κ3) is 3.18. The highest BCUT2D eigenvalue weighted by atomic mass is 35.5. The molecule has 2 heterocycles. The third-order valence-corrected chi connectivity index (χ3v) is 2.86. The Balaban J connectivity index is 2.32. The average Bonchev–Trinajstić information content (AvgIpc) is 2.45. The molecule has 2 aromatic rings. The van der Waals surface area contributed by atoms with Crippen molar-refractivity contribution < 1.29 is 4.92 Å². The number of rotatable bonds is 5. The number of nitrogens with zero attached hydrogens (tertiary/aromatic N) is 4. The molecular formula is C12H12ClN5O2. The first-order valence-corrected chi connectivity index (χ1v) is 6.34. The second-order valence-corrected chi connectivity index (χ2v) is 4.36. The van der Waals surface area contributed by atoms with Gasteiger partial charge in [0.2, 0.25) is 5.82 Å². The van der Waals surface area contributed by atoms with E-state index in [9.17, 15) is 10.1 Å². The van der Waals surface area contributed by atoms with Crippen molar-refractivity contribution in [1.29, 1.82) is 0 Å². The Morgan fingerprint density at radius 3 is 2.70 bits per heavy atom. The number of hydrogen-bond donors (Lipinski definition) is 1. The van der Waals surface area contributed by atoms with E-state index in [2.05, 4.69) is 20.3 Å². The first-order chi connectivity index (χ1) is 9.61. The van der Waals surface area contributed by atoms with Crippen LogP contribution in [-0.2, 0) is 0 Å². The minimum atomic E-state index is -0.510. The predicted molar refractivity (Wildman–Crippen MR) is 74.6 cm³/mol. The summed E-state index contributed by atoms with van der Waals surface area (Å²) in [6.07, 6.45) is 3.88. The van der Waals surface area contributed by atoms with Gasteiger partial charge in [-0.15, -0.1) is 0 Å². The summed E-state index contributed by atoms with van der Waals surface area (Å²) in [5.74, 6) is 0.660. The molecular weight excluding hydrogens is 282 g/mol. The van der Waals surface area contributed by atoms with E-state index in [0.29, 0.717) is 12.2 Å². The smallest absolute Gasteiger partial charge is 0.311 e. The van der Waals surface area contributed by atoms with E-state index in [4.69, 9.17) is 11.6 Å². The SMILES string of the molecule is CC[C@H](Nc1nc(Cl)ccc1[N+](=O)[O-])c1ncccn1. The molecule has 2 rings (SSSR count). The van der Waals surface area contributed by atoms with Crippen LogP contribution in [0, 0.1) is 10.1 Å². The van der Waals surface area contributed by atoms with E-state index in [1.807, 2.05) is 6.92 Å². The lowest BCUT2D eigenvalue weighted by atomic mass is 10.2. The van der Waals surface area contributed by atoms with Crippen LogP contribution in [0.3, 0.4) is 0 Å². The average molecular weight is 294 g/mol. The molecule has 0 unspecified atom stereocenters.